The summed E-state index contributed by atoms with van der Waals surface area (Å²) in [6, 6.07) is 6.16. The molecule has 9 heteroatoms. The van der Waals surface area contributed by atoms with Crippen molar-refractivity contribution < 1.29 is 27.5 Å². The average molecular weight is 423 g/mol. The van der Waals surface area contributed by atoms with Crippen molar-refractivity contribution >= 4 is 33.3 Å². The van der Waals surface area contributed by atoms with Crippen LogP contribution in [0, 0.1) is 0 Å². The van der Waals surface area contributed by atoms with E-state index in [4.69, 9.17) is 4.74 Å². The predicted octanol–water partition coefficient (Wildman–Crippen LogP) is 1.40. The van der Waals surface area contributed by atoms with Gasteiger partial charge in [0.25, 0.3) is 5.91 Å². The first-order chi connectivity index (χ1) is 13.8. The third-order valence-corrected chi connectivity index (χ3v) is 7.00. The molecule has 29 heavy (non-hydrogen) atoms. The van der Waals surface area contributed by atoms with Crippen LogP contribution < -0.4 is 4.90 Å². The second kappa shape index (κ2) is 8.94. The fourth-order valence-electron chi connectivity index (χ4n) is 3.77. The van der Waals surface area contributed by atoms with E-state index in [1.807, 2.05) is 6.92 Å². The van der Waals surface area contributed by atoms with Crippen molar-refractivity contribution in [1.82, 2.24) is 4.90 Å². The molecule has 3 rings (SSSR count). The normalized spacial score (nSPS) is 20.7. The van der Waals surface area contributed by atoms with Gasteiger partial charge in [0.2, 0.25) is 5.91 Å². The van der Waals surface area contributed by atoms with Crippen molar-refractivity contribution in [3.8, 4) is 0 Å². The number of nitrogens with zero attached hydrogens (tertiary/aromatic N) is 2. The number of amides is 2. The summed E-state index contributed by atoms with van der Waals surface area (Å²) >= 11 is 0. The highest BCUT2D eigenvalue weighted by molar-refractivity contribution is 7.91. The van der Waals surface area contributed by atoms with E-state index in [1.54, 1.807) is 29.2 Å². The molecule has 0 aliphatic carbocycles. The maximum Gasteiger partial charge on any atom is 0.338 e. The molecule has 1 atom stereocenters. The van der Waals surface area contributed by atoms with Gasteiger partial charge in [-0.3, -0.25) is 9.59 Å². The van der Waals surface area contributed by atoms with Crippen LogP contribution in [0.15, 0.2) is 24.3 Å². The Kier molecular flexibility index (Phi) is 6.56. The van der Waals surface area contributed by atoms with Crippen LogP contribution in [-0.4, -0.2) is 68.3 Å². The monoisotopic (exact) mass is 422 g/mol. The molecule has 0 spiro atoms. The van der Waals surface area contributed by atoms with Crippen LogP contribution >= 0.6 is 0 Å². The largest absolute Gasteiger partial charge is 0.452 e. The number of ether oxygens (including phenoxy) is 1. The minimum absolute atomic E-state index is 0.0383. The smallest absolute Gasteiger partial charge is 0.338 e. The Bertz CT molecular complexity index is 881. The second-order valence-corrected chi connectivity index (χ2v) is 9.64. The number of benzene rings is 1. The number of hydrogen-bond acceptors (Lipinski definition) is 6. The van der Waals surface area contributed by atoms with Gasteiger partial charge in [-0.15, -0.1) is 0 Å². The first-order valence-electron chi connectivity index (χ1n) is 9.88. The Morgan fingerprint density at radius 1 is 1.24 bits per heavy atom. The van der Waals surface area contributed by atoms with Crippen LogP contribution in [0.2, 0.25) is 0 Å². The Labute approximate surface area is 170 Å². The highest BCUT2D eigenvalue weighted by Gasteiger charge is 2.34. The quantitative estimate of drug-likeness (QED) is 0.616. The van der Waals surface area contributed by atoms with Crippen molar-refractivity contribution in [2.75, 3.05) is 36.1 Å². The summed E-state index contributed by atoms with van der Waals surface area (Å²) in [7, 11) is -3.11. The molecule has 1 aromatic carbocycles. The van der Waals surface area contributed by atoms with E-state index in [2.05, 4.69) is 0 Å². The molecule has 2 heterocycles. The van der Waals surface area contributed by atoms with Crippen LogP contribution in [0.3, 0.4) is 0 Å². The maximum absolute atomic E-state index is 12.5. The molecule has 2 fully saturated rings. The van der Waals surface area contributed by atoms with E-state index >= 15 is 0 Å². The zero-order valence-electron chi connectivity index (χ0n) is 16.5. The molecule has 8 nitrogen and oxygen atoms in total. The van der Waals surface area contributed by atoms with Crippen LogP contribution in [0.5, 0.6) is 0 Å². The zero-order chi connectivity index (χ0) is 21.0. The molecular weight excluding hydrogens is 396 g/mol. The van der Waals surface area contributed by atoms with Gasteiger partial charge in [0.1, 0.15) is 0 Å². The Hall–Kier alpha value is -2.42. The summed E-state index contributed by atoms with van der Waals surface area (Å²) in [5.74, 6) is -0.911. The lowest BCUT2D eigenvalue weighted by Crippen LogP contribution is -2.43. The van der Waals surface area contributed by atoms with Gasteiger partial charge in [0.05, 0.1) is 17.1 Å². The molecule has 0 N–H and O–H groups in total. The van der Waals surface area contributed by atoms with Gasteiger partial charge in [-0.05, 0) is 43.5 Å². The van der Waals surface area contributed by atoms with E-state index in [-0.39, 0.29) is 29.4 Å². The van der Waals surface area contributed by atoms with Crippen molar-refractivity contribution in [3.05, 3.63) is 29.8 Å². The molecule has 0 radical (unpaired) electrons. The molecular formula is C20H26N2O6S. The number of sulfone groups is 1. The van der Waals surface area contributed by atoms with Crippen LogP contribution in [0.25, 0.3) is 0 Å². The number of carbonyl (C=O) groups excluding carboxylic acids is 3. The Morgan fingerprint density at radius 3 is 2.52 bits per heavy atom. The number of carbonyl (C=O) groups is 3. The van der Waals surface area contributed by atoms with Gasteiger partial charge in [-0.1, -0.05) is 6.92 Å². The fourth-order valence-corrected chi connectivity index (χ4v) is 5.50. The average Bonchev–Trinajstić information content (AvgIpc) is 3.28. The number of rotatable bonds is 7. The fraction of sp³-hybridized carbons (Fsp3) is 0.550. The molecule has 2 aliphatic heterocycles. The summed E-state index contributed by atoms with van der Waals surface area (Å²) in [4.78, 5) is 39.8. The van der Waals surface area contributed by atoms with Gasteiger partial charge in [0.15, 0.2) is 16.4 Å². The van der Waals surface area contributed by atoms with Gasteiger partial charge in [-0.2, -0.15) is 0 Å². The van der Waals surface area contributed by atoms with Gasteiger partial charge in [-0.25, -0.2) is 13.2 Å². The molecule has 2 aliphatic rings. The molecule has 0 bridgehead atoms. The lowest BCUT2D eigenvalue weighted by Gasteiger charge is -2.27. The van der Waals surface area contributed by atoms with E-state index in [9.17, 15) is 22.8 Å². The first kappa shape index (κ1) is 21.3. The minimum Gasteiger partial charge on any atom is -0.452 e. The maximum atomic E-state index is 12.5. The highest BCUT2D eigenvalue weighted by atomic mass is 32.2. The lowest BCUT2D eigenvalue weighted by atomic mass is 10.2. The van der Waals surface area contributed by atoms with E-state index in [0.717, 1.165) is 12.1 Å². The second-order valence-electron chi connectivity index (χ2n) is 7.42. The summed E-state index contributed by atoms with van der Waals surface area (Å²) in [5.41, 5.74) is 1.02. The minimum atomic E-state index is -3.11. The summed E-state index contributed by atoms with van der Waals surface area (Å²) in [5, 5.41) is 0. The predicted molar refractivity (Wildman–Crippen MR) is 107 cm³/mol. The van der Waals surface area contributed by atoms with E-state index in [0.29, 0.717) is 37.9 Å². The number of esters is 1. The van der Waals surface area contributed by atoms with Crippen molar-refractivity contribution in [2.24, 2.45) is 0 Å². The molecule has 158 valence electrons. The van der Waals surface area contributed by atoms with Crippen molar-refractivity contribution in [3.63, 3.8) is 0 Å². The van der Waals surface area contributed by atoms with Gasteiger partial charge >= 0.3 is 5.97 Å². The van der Waals surface area contributed by atoms with Crippen molar-refractivity contribution in [2.45, 2.75) is 38.6 Å². The van der Waals surface area contributed by atoms with Gasteiger partial charge in [0, 0.05) is 31.2 Å². The molecule has 0 saturated carbocycles. The Balaban J connectivity index is 1.57. The standard InChI is InChI=1S/C20H26N2O6S/c1-2-10-21(17-9-12-29(26,27)14-17)19(24)13-28-20(25)15-5-7-16(8-6-15)22-11-3-4-18(22)23/h5-8,17H,2-4,9-14H2,1H3/t17-/m0/s1. The SMILES string of the molecule is CCCN(C(=O)COC(=O)c1ccc(N2CCCC2=O)cc1)[C@H]1CCS(=O)(=O)C1. The summed E-state index contributed by atoms with van der Waals surface area (Å²) in [6.45, 7) is 2.57. The van der Waals surface area contributed by atoms with E-state index < -0.39 is 22.4 Å². The van der Waals surface area contributed by atoms with E-state index in [1.165, 1.54) is 4.90 Å². The van der Waals surface area contributed by atoms with Crippen LogP contribution in [0.4, 0.5) is 5.69 Å². The molecule has 2 saturated heterocycles. The third-order valence-electron chi connectivity index (χ3n) is 5.25. The highest BCUT2D eigenvalue weighted by Crippen LogP contribution is 2.22. The topological polar surface area (TPSA) is 101 Å². The summed E-state index contributed by atoms with van der Waals surface area (Å²) in [6.07, 6.45) is 2.45. The third kappa shape index (κ3) is 5.14. The molecule has 0 unspecified atom stereocenters. The summed E-state index contributed by atoms with van der Waals surface area (Å²) < 4.78 is 28.6. The Morgan fingerprint density at radius 2 is 1.97 bits per heavy atom. The van der Waals surface area contributed by atoms with Crippen LogP contribution in [0.1, 0.15) is 43.0 Å². The molecule has 2 amide bonds. The molecule has 1 aromatic rings. The zero-order valence-corrected chi connectivity index (χ0v) is 17.3. The van der Waals surface area contributed by atoms with Crippen molar-refractivity contribution in [1.29, 1.82) is 0 Å². The first-order valence-corrected chi connectivity index (χ1v) is 11.7. The lowest BCUT2D eigenvalue weighted by molar-refractivity contribution is -0.136. The molecule has 0 aromatic heterocycles. The number of anilines is 1. The van der Waals surface area contributed by atoms with Gasteiger partial charge < -0.3 is 14.5 Å². The number of hydrogen-bond donors (Lipinski definition) is 0. The van der Waals surface area contributed by atoms with Crippen LogP contribution in [-0.2, 0) is 24.2 Å².